The maximum Gasteiger partial charge on any atom is 0.240 e. The Morgan fingerprint density at radius 1 is 1.29 bits per heavy atom. The monoisotopic (exact) mass is 532 g/mol. The van der Waals surface area contributed by atoms with Crippen LogP contribution >= 0.6 is 34.7 Å². The van der Waals surface area contributed by atoms with Crippen LogP contribution in [-0.2, 0) is 19.7 Å². The van der Waals surface area contributed by atoms with Crippen LogP contribution in [0.15, 0.2) is 41.8 Å². The Kier molecular flexibility index (Phi) is 7.90. The van der Waals surface area contributed by atoms with Gasteiger partial charge in [-0.3, -0.25) is 14.5 Å². The van der Waals surface area contributed by atoms with Crippen molar-refractivity contribution in [3.05, 3.63) is 62.9 Å². The lowest BCUT2D eigenvalue weighted by Gasteiger charge is -2.24. The third-order valence-corrected chi connectivity index (χ3v) is 8.14. The van der Waals surface area contributed by atoms with Gasteiger partial charge in [0.1, 0.15) is 12.4 Å². The molecule has 1 aliphatic rings. The zero-order valence-electron chi connectivity index (χ0n) is 20.2. The van der Waals surface area contributed by atoms with Crippen LogP contribution in [0.5, 0.6) is 0 Å². The fourth-order valence-electron chi connectivity index (χ4n) is 4.02. The number of carbonyl (C=O) groups is 2. The number of hydrogen-bond donors (Lipinski definition) is 1. The molecule has 1 aromatic carbocycles. The fourth-order valence-corrected chi connectivity index (χ4v) is 6.38. The summed E-state index contributed by atoms with van der Waals surface area (Å²) < 4.78 is 6.81. The van der Waals surface area contributed by atoms with Crippen molar-refractivity contribution in [1.29, 1.82) is 0 Å². The summed E-state index contributed by atoms with van der Waals surface area (Å²) in [6.07, 6.45) is 0. The van der Waals surface area contributed by atoms with Crippen molar-refractivity contribution in [3.63, 3.8) is 0 Å². The molecule has 0 spiro atoms. The zero-order chi connectivity index (χ0) is 25.2. The van der Waals surface area contributed by atoms with Crippen LogP contribution in [0.4, 0.5) is 5.82 Å². The van der Waals surface area contributed by atoms with Gasteiger partial charge in [-0.05, 0) is 29.6 Å². The minimum atomic E-state index is -0.302. The van der Waals surface area contributed by atoms with E-state index < -0.39 is 0 Å². The highest BCUT2D eigenvalue weighted by atomic mass is 35.5. The molecule has 2 aromatic heterocycles. The summed E-state index contributed by atoms with van der Waals surface area (Å²) in [5.74, 6) is 0.479. The number of thiophene rings is 1. The van der Waals surface area contributed by atoms with Crippen molar-refractivity contribution in [2.45, 2.75) is 31.4 Å². The van der Waals surface area contributed by atoms with E-state index in [-0.39, 0.29) is 34.8 Å². The number of amides is 2. The number of nitrogens with one attached hydrogen (secondary N) is 1. The van der Waals surface area contributed by atoms with Gasteiger partial charge in [0.25, 0.3) is 0 Å². The van der Waals surface area contributed by atoms with E-state index in [0.717, 1.165) is 21.8 Å². The van der Waals surface area contributed by atoms with Crippen LogP contribution in [0.1, 0.15) is 42.2 Å². The Balaban J connectivity index is 1.93. The summed E-state index contributed by atoms with van der Waals surface area (Å²) in [6, 6.07) is 11.5. The molecule has 1 aliphatic heterocycles. The fraction of sp³-hybridized carbons (Fsp3) is 0.400. The van der Waals surface area contributed by atoms with Gasteiger partial charge >= 0.3 is 0 Å². The third kappa shape index (κ3) is 5.58. The van der Waals surface area contributed by atoms with Crippen LogP contribution in [0.25, 0.3) is 5.69 Å². The Morgan fingerprint density at radius 3 is 2.74 bits per heavy atom. The minimum absolute atomic E-state index is 0.0855. The summed E-state index contributed by atoms with van der Waals surface area (Å²) in [7, 11) is 1.58. The first-order valence-electron chi connectivity index (χ1n) is 11.3. The number of anilines is 1. The lowest BCUT2D eigenvalue weighted by Crippen LogP contribution is -2.43. The minimum Gasteiger partial charge on any atom is -0.383 e. The van der Waals surface area contributed by atoms with Gasteiger partial charge < -0.3 is 10.1 Å². The van der Waals surface area contributed by atoms with E-state index >= 15 is 0 Å². The lowest BCUT2D eigenvalue weighted by molar-refractivity contribution is -0.123. The standard InChI is InChI=1S/C25H29ClN4O3S2/c1-25(2,3)23-21-22(18-9-6-12-34-18)35-15-20(32)29(14-19(31)27-10-11-33-4)24(21)30(28-23)17-8-5-7-16(26)13-17/h5-9,12-13,22H,10-11,14-15H2,1-4H3,(H,27,31)/t22-/m1/s1. The maximum absolute atomic E-state index is 13.5. The number of carbonyl (C=O) groups excluding carboxylic acids is 2. The number of ether oxygens (including phenoxy) is 1. The number of fused-ring (bicyclic) bond motifs is 1. The molecule has 1 atom stereocenters. The van der Waals surface area contributed by atoms with Gasteiger partial charge in [-0.2, -0.15) is 5.10 Å². The molecule has 0 bridgehead atoms. The molecule has 7 nitrogen and oxygen atoms in total. The van der Waals surface area contributed by atoms with Gasteiger partial charge in [0.2, 0.25) is 11.8 Å². The van der Waals surface area contributed by atoms with Gasteiger partial charge in [0.05, 0.1) is 29.0 Å². The second kappa shape index (κ2) is 10.7. The number of benzene rings is 1. The van der Waals surface area contributed by atoms with E-state index in [2.05, 4.69) is 32.2 Å². The maximum atomic E-state index is 13.5. The molecule has 3 heterocycles. The van der Waals surface area contributed by atoms with Crippen LogP contribution < -0.4 is 10.2 Å². The van der Waals surface area contributed by atoms with Crippen molar-refractivity contribution >= 4 is 52.3 Å². The number of hydrogen-bond acceptors (Lipinski definition) is 6. The number of halogens is 1. The first-order valence-corrected chi connectivity index (χ1v) is 13.6. The Bertz CT molecular complexity index is 1200. The highest BCUT2D eigenvalue weighted by Gasteiger charge is 2.40. The zero-order valence-corrected chi connectivity index (χ0v) is 22.6. The second-order valence-electron chi connectivity index (χ2n) is 9.26. The van der Waals surface area contributed by atoms with Crippen LogP contribution in [0.2, 0.25) is 5.02 Å². The van der Waals surface area contributed by atoms with Crippen molar-refractivity contribution in [2.24, 2.45) is 0 Å². The molecule has 35 heavy (non-hydrogen) atoms. The predicted molar refractivity (Wildman–Crippen MR) is 143 cm³/mol. The average Bonchev–Trinajstić information content (AvgIpc) is 3.44. The average molecular weight is 533 g/mol. The Hall–Kier alpha value is -2.33. The third-order valence-electron chi connectivity index (χ3n) is 5.58. The van der Waals surface area contributed by atoms with Gasteiger partial charge in [-0.1, -0.05) is 44.5 Å². The molecule has 3 aromatic rings. The molecule has 0 aliphatic carbocycles. The topological polar surface area (TPSA) is 76.5 Å². The van der Waals surface area contributed by atoms with Gasteiger partial charge in [-0.25, -0.2) is 4.68 Å². The molecule has 0 saturated carbocycles. The number of nitrogens with zero attached hydrogens (tertiary/aromatic N) is 3. The molecular weight excluding hydrogens is 504 g/mol. The summed E-state index contributed by atoms with van der Waals surface area (Å²) >= 11 is 9.57. The highest BCUT2D eigenvalue weighted by Crippen LogP contribution is 2.49. The van der Waals surface area contributed by atoms with E-state index in [0.29, 0.717) is 24.0 Å². The summed E-state index contributed by atoms with van der Waals surface area (Å²) in [4.78, 5) is 29.1. The normalized spacial score (nSPS) is 16.2. The molecule has 1 N–H and O–H groups in total. The number of rotatable bonds is 7. The van der Waals surface area contributed by atoms with Crippen molar-refractivity contribution in [2.75, 3.05) is 37.5 Å². The summed E-state index contributed by atoms with van der Waals surface area (Å²) in [6.45, 7) is 7.00. The van der Waals surface area contributed by atoms with Crippen LogP contribution in [0, 0.1) is 0 Å². The Labute approximate surface area is 218 Å². The van der Waals surface area contributed by atoms with Gasteiger partial charge in [-0.15, -0.1) is 23.1 Å². The van der Waals surface area contributed by atoms with Gasteiger partial charge in [0, 0.05) is 34.5 Å². The molecule has 0 radical (unpaired) electrons. The first-order chi connectivity index (χ1) is 16.7. The predicted octanol–water partition coefficient (Wildman–Crippen LogP) is 4.82. The van der Waals surface area contributed by atoms with Crippen molar-refractivity contribution in [1.82, 2.24) is 15.1 Å². The Morgan fingerprint density at radius 2 is 2.09 bits per heavy atom. The van der Waals surface area contributed by atoms with Crippen LogP contribution in [0.3, 0.4) is 0 Å². The lowest BCUT2D eigenvalue weighted by atomic mass is 9.88. The molecular formula is C25H29ClN4O3S2. The second-order valence-corrected chi connectivity index (χ2v) is 11.8. The molecule has 2 amide bonds. The molecule has 10 heteroatoms. The summed E-state index contributed by atoms with van der Waals surface area (Å²) in [5.41, 5.74) is 2.28. The quantitative estimate of drug-likeness (QED) is 0.442. The molecule has 4 rings (SSSR count). The number of thioether (sulfide) groups is 1. The highest BCUT2D eigenvalue weighted by molar-refractivity contribution is 8.00. The van der Waals surface area contributed by atoms with E-state index in [1.165, 1.54) is 0 Å². The SMILES string of the molecule is COCCNC(=O)CN1C(=O)CS[C@H](c2cccs2)c2c(C(C)(C)C)nn(-c3cccc(Cl)c3)c21. The molecule has 0 fully saturated rings. The number of methoxy groups -OCH3 is 1. The van der Waals surface area contributed by atoms with E-state index in [1.54, 1.807) is 45.9 Å². The first kappa shape index (κ1) is 25.8. The van der Waals surface area contributed by atoms with Crippen molar-refractivity contribution < 1.29 is 14.3 Å². The van der Waals surface area contributed by atoms with Crippen molar-refractivity contribution in [3.8, 4) is 5.69 Å². The van der Waals surface area contributed by atoms with E-state index in [9.17, 15) is 9.59 Å². The van der Waals surface area contributed by atoms with E-state index in [4.69, 9.17) is 21.4 Å². The molecule has 186 valence electrons. The molecule has 0 unspecified atom stereocenters. The summed E-state index contributed by atoms with van der Waals surface area (Å²) in [5, 5.41) is 10.4. The smallest absolute Gasteiger partial charge is 0.240 e. The van der Waals surface area contributed by atoms with Gasteiger partial charge in [0.15, 0.2) is 0 Å². The van der Waals surface area contributed by atoms with Crippen LogP contribution in [-0.4, -0.2) is 54.2 Å². The molecule has 0 saturated heterocycles. The van der Waals surface area contributed by atoms with E-state index in [1.807, 2.05) is 29.6 Å². The largest absolute Gasteiger partial charge is 0.383 e. The number of aromatic nitrogens is 2.